The minimum Gasteiger partial charge on any atom is -0.431 e. The highest BCUT2D eigenvalue weighted by Crippen LogP contribution is 2.34. The topological polar surface area (TPSA) is 37.7 Å². The third kappa shape index (κ3) is 3.86. The van der Waals surface area contributed by atoms with Gasteiger partial charge in [-0.25, -0.2) is 9.98 Å². The first-order valence-corrected chi connectivity index (χ1v) is 8.83. The van der Waals surface area contributed by atoms with Crippen LogP contribution in [0.4, 0.5) is 5.69 Å². The molecule has 24 heavy (non-hydrogen) atoms. The van der Waals surface area contributed by atoms with E-state index < -0.39 is 0 Å². The van der Waals surface area contributed by atoms with Crippen LogP contribution >= 0.6 is 22.9 Å². The highest BCUT2D eigenvalue weighted by Gasteiger charge is 2.07. The van der Waals surface area contributed by atoms with E-state index in [-0.39, 0.29) is 0 Å². The van der Waals surface area contributed by atoms with Crippen molar-refractivity contribution in [2.75, 3.05) is 13.6 Å². The molecule has 0 N–H and O–H groups in total. The largest absolute Gasteiger partial charge is 0.431 e. The Labute approximate surface area is 150 Å². The van der Waals surface area contributed by atoms with Crippen molar-refractivity contribution in [1.29, 1.82) is 0 Å². The van der Waals surface area contributed by atoms with E-state index in [0.717, 1.165) is 33.8 Å². The molecular formula is C18H18ClN3OS. The van der Waals surface area contributed by atoms with Crippen LogP contribution in [0.3, 0.4) is 0 Å². The lowest BCUT2D eigenvalue weighted by molar-refractivity contribution is 0.480. The summed E-state index contributed by atoms with van der Waals surface area (Å²) in [6, 6.07) is 11.5. The van der Waals surface area contributed by atoms with Gasteiger partial charge in [-0.05, 0) is 55.8 Å². The standard InChI is InChI=1S/C18H18ClN3OS/c1-4-22(3)11-20-15-8-6-14(9-12(15)2)23-18-21-16-7-5-13(19)10-17(16)24-18/h5-11H,4H2,1-3H3. The quantitative estimate of drug-likeness (QED) is 0.435. The molecule has 0 spiro atoms. The Morgan fingerprint density at radius 3 is 2.88 bits per heavy atom. The van der Waals surface area contributed by atoms with Crippen molar-refractivity contribution in [3.05, 3.63) is 47.0 Å². The molecule has 0 unspecified atom stereocenters. The number of aromatic nitrogens is 1. The van der Waals surface area contributed by atoms with Crippen LogP contribution in [0, 0.1) is 6.92 Å². The van der Waals surface area contributed by atoms with E-state index in [1.165, 1.54) is 11.3 Å². The molecule has 0 atom stereocenters. The lowest BCUT2D eigenvalue weighted by Crippen LogP contribution is -2.14. The summed E-state index contributed by atoms with van der Waals surface area (Å²) in [6.45, 7) is 5.02. The maximum atomic E-state index is 6.01. The Balaban J connectivity index is 1.79. The van der Waals surface area contributed by atoms with Gasteiger partial charge < -0.3 is 9.64 Å². The summed E-state index contributed by atoms with van der Waals surface area (Å²) in [6.07, 6.45) is 1.83. The van der Waals surface area contributed by atoms with Crippen LogP contribution in [0.1, 0.15) is 12.5 Å². The highest BCUT2D eigenvalue weighted by atomic mass is 35.5. The van der Waals surface area contributed by atoms with E-state index in [9.17, 15) is 0 Å². The van der Waals surface area contributed by atoms with Crippen molar-refractivity contribution in [3.8, 4) is 10.9 Å². The Hall–Kier alpha value is -2.11. The van der Waals surface area contributed by atoms with Gasteiger partial charge in [0.25, 0.3) is 5.19 Å². The number of thiazole rings is 1. The minimum atomic E-state index is 0.605. The van der Waals surface area contributed by atoms with Crippen LogP contribution < -0.4 is 4.74 Å². The molecule has 0 saturated carbocycles. The predicted molar refractivity (Wildman–Crippen MR) is 102 cm³/mol. The van der Waals surface area contributed by atoms with Crippen molar-refractivity contribution in [2.24, 2.45) is 4.99 Å². The molecule has 0 radical (unpaired) electrons. The van der Waals surface area contributed by atoms with Crippen molar-refractivity contribution >= 4 is 45.2 Å². The number of aryl methyl sites for hydroxylation is 1. The fourth-order valence-corrected chi connectivity index (χ4v) is 3.21. The summed E-state index contributed by atoms with van der Waals surface area (Å²) in [7, 11) is 2.00. The Kier molecular flexibility index (Phi) is 5.02. The molecule has 3 rings (SSSR count). The SMILES string of the molecule is CCN(C)C=Nc1ccc(Oc2nc3ccc(Cl)cc3s2)cc1C. The van der Waals surface area contributed by atoms with Gasteiger partial charge in [0.2, 0.25) is 0 Å². The van der Waals surface area contributed by atoms with E-state index >= 15 is 0 Å². The van der Waals surface area contributed by atoms with Gasteiger partial charge in [0.1, 0.15) is 5.75 Å². The number of nitrogens with zero attached hydrogens (tertiary/aromatic N) is 3. The second-order valence-electron chi connectivity index (χ2n) is 5.46. The van der Waals surface area contributed by atoms with Crippen LogP contribution in [0.15, 0.2) is 41.4 Å². The zero-order valence-corrected chi connectivity index (χ0v) is 15.4. The summed E-state index contributed by atoms with van der Waals surface area (Å²) in [5, 5.41) is 1.31. The predicted octanol–water partition coefficient (Wildman–Crippen LogP) is 5.66. The lowest BCUT2D eigenvalue weighted by atomic mass is 10.2. The van der Waals surface area contributed by atoms with E-state index in [0.29, 0.717) is 10.2 Å². The van der Waals surface area contributed by atoms with E-state index in [2.05, 4.69) is 16.9 Å². The maximum absolute atomic E-state index is 6.01. The third-order valence-electron chi connectivity index (χ3n) is 3.60. The average Bonchev–Trinajstić information content (AvgIpc) is 2.95. The summed E-state index contributed by atoms with van der Waals surface area (Å²) >= 11 is 7.49. The Bertz CT molecular complexity index is 891. The average molecular weight is 360 g/mol. The van der Waals surface area contributed by atoms with Gasteiger partial charge in [-0.2, -0.15) is 0 Å². The Morgan fingerprint density at radius 1 is 1.29 bits per heavy atom. The number of hydrogen-bond donors (Lipinski definition) is 0. The summed E-state index contributed by atoms with van der Waals surface area (Å²) in [4.78, 5) is 11.0. The molecule has 0 amide bonds. The monoisotopic (exact) mass is 359 g/mol. The number of benzene rings is 2. The molecule has 0 aliphatic carbocycles. The molecule has 0 aliphatic rings. The summed E-state index contributed by atoms with van der Waals surface area (Å²) in [5.41, 5.74) is 2.87. The first-order valence-electron chi connectivity index (χ1n) is 7.64. The van der Waals surface area contributed by atoms with Gasteiger partial charge in [-0.1, -0.05) is 22.9 Å². The molecule has 6 heteroatoms. The van der Waals surface area contributed by atoms with Gasteiger partial charge >= 0.3 is 0 Å². The van der Waals surface area contributed by atoms with Crippen molar-refractivity contribution < 1.29 is 4.74 Å². The van der Waals surface area contributed by atoms with Crippen molar-refractivity contribution in [3.63, 3.8) is 0 Å². The van der Waals surface area contributed by atoms with Crippen LogP contribution in [0.25, 0.3) is 10.2 Å². The van der Waals surface area contributed by atoms with Gasteiger partial charge in [0, 0.05) is 18.6 Å². The van der Waals surface area contributed by atoms with E-state index in [4.69, 9.17) is 16.3 Å². The molecule has 3 aromatic rings. The lowest BCUT2D eigenvalue weighted by Gasteiger charge is -2.09. The molecule has 0 aliphatic heterocycles. The molecular weight excluding hydrogens is 342 g/mol. The first kappa shape index (κ1) is 16.7. The number of aliphatic imine (C=N–C) groups is 1. The van der Waals surface area contributed by atoms with Gasteiger partial charge in [-0.3, -0.25) is 0 Å². The fraction of sp³-hybridized carbons (Fsp3) is 0.222. The zero-order valence-electron chi connectivity index (χ0n) is 13.8. The number of fused-ring (bicyclic) bond motifs is 1. The normalized spacial score (nSPS) is 11.3. The molecule has 124 valence electrons. The van der Waals surface area contributed by atoms with E-state index in [1.807, 2.05) is 61.6 Å². The van der Waals surface area contributed by atoms with Crippen LogP contribution in [0.5, 0.6) is 10.9 Å². The van der Waals surface area contributed by atoms with Crippen molar-refractivity contribution in [1.82, 2.24) is 9.88 Å². The number of hydrogen-bond acceptors (Lipinski definition) is 4. The molecule has 1 aromatic heterocycles. The second kappa shape index (κ2) is 7.20. The number of rotatable bonds is 5. The molecule has 0 fully saturated rings. The van der Waals surface area contributed by atoms with Gasteiger partial charge in [-0.15, -0.1) is 0 Å². The van der Waals surface area contributed by atoms with E-state index in [1.54, 1.807) is 0 Å². The minimum absolute atomic E-state index is 0.605. The summed E-state index contributed by atoms with van der Waals surface area (Å²) in [5.74, 6) is 0.750. The number of ether oxygens (including phenoxy) is 1. The fourth-order valence-electron chi connectivity index (χ4n) is 2.10. The molecule has 1 heterocycles. The van der Waals surface area contributed by atoms with Crippen LogP contribution in [0.2, 0.25) is 5.02 Å². The Morgan fingerprint density at radius 2 is 2.12 bits per heavy atom. The van der Waals surface area contributed by atoms with Crippen molar-refractivity contribution in [2.45, 2.75) is 13.8 Å². The van der Waals surface area contributed by atoms with Crippen LogP contribution in [-0.4, -0.2) is 29.8 Å². The smallest absolute Gasteiger partial charge is 0.279 e. The zero-order chi connectivity index (χ0) is 17.1. The number of halogens is 1. The third-order valence-corrected chi connectivity index (χ3v) is 4.73. The van der Waals surface area contributed by atoms with Gasteiger partial charge in [0.15, 0.2) is 0 Å². The second-order valence-corrected chi connectivity index (χ2v) is 6.89. The van der Waals surface area contributed by atoms with Gasteiger partial charge in [0.05, 0.1) is 22.2 Å². The highest BCUT2D eigenvalue weighted by molar-refractivity contribution is 7.20. The van der Waals surface area contributed by atoms with Crippen LogP contribution in [-0.2, 0) is 0 Å². The first-order chi connectivity index (χ1) is 11.5. The maximum Gasteiger partial charge on any atom is 0.279 e. The summed E-state index contributed by atoms with van der Waals surface area (Å²) < 4.78 is 6.90. The molecule has 0 saturated heterocycles. The molecule has 0 bridgehead atoms. The molecule has 4 nitrogen and oxygen atoms in total. The molecule has 2 aromatic carbocycles.